The second-order valence-corrected chi connectivity index (χ2v) is 9.91. The van der Waals surface area contributed by atoms with Crippen LogP contribution in [0.5, 0.6) is 0 Å². The molecule has 1 atom stereocenters. The van der Waals surface area contributed by atoms with Gasteiger partial charge in [-0.15, -0.1) is 11.3 Å². The second-order valence-electron chi connectivity index (χ2n) is 7.88. The van der Waals surface area contributed by atoms with Crippen molar-refractivity contribution in [1.29, 1.82) is 0 Å². The molecule has 0 spiro atoms. The summed E-state index contributed by atoms with van der Waals surface area (Å²) in [6, 6.07) is 8.25. The molecule has 0 radical (unpaired) electrons. The van der Waals surface area contributed by atoms with Crippen molar-refractivity contribution in [3.63, 3.8) is 0 Å². The lowest BCUT2D eigenvalue weighted by atomic mass is 9.97. The van der Waals surface area contributed by atoms with E-state index in [-0.39, 0.29) is 23.3 Å². The highest BCUT2D eigenvalue weighted by atomic mass is 32.2. The number of aryl methyl sites for hydroxylation is 2. The molecule has 2 aromatic heterocycles. The van der Waals surface area contributed by atoms with Crippen LogP contribution in [0.2, 0.25) is 0 Å². The van der Waals surface area contributed by atoms with Gasteiger partial charge in [-0.05, 0) is 56.2 Å². The maximum Gasteiger partial charge on any atom is 0.262 e. The summed E-state index contributed by atoms with van der Waals surface area (Å²) in [7, 11) is 1.77. The first-order valence-electron chi connectivity index (χ1n) is 10.1. The Hall–Kier alpha value is -2.12. The summed E-state index contributed by atoms with van der Waals surface area (Å²) in [4.78, 5) is 34.8. The van der Waals surface area contributed by atoms with Gasteiger partial charge in [0.05, 0.1) is 11.1 Å². The van der Waals surface area contributed by atoms with Crippen molar-refractivity contribution >= 4 is 44.9 Å². The number of carbonyl (C=O) groups excluding carboxylic acids is 1. The van der Waals surface area contributed by atoms with Crippen LogP contribution in [-0.4, -0.2) is 27.3 Å². The SMILES string of the molecule is CC1Cc2ccccc2N1C(=O)CSc1nc2sc3c(c2c(=O)n1C)CCCC3. The summed E-state index contributed by atoms with van der Waals surface area (Å²) in [6.45, 7) is 2.08. The number of hydrogen-bond donors (Lipinski definition) is 0. The van der Waals surface area contributed by atoms with Crippen LogP contribution in [-0.2, 0) is 31.1 Å². The lowest BCUT2D eigenvalue weighted by Crippen LogP contribution is -2.37. The monoisotopic (exact) mass is 425 g/mol. The van der Waals surface area contributed by atoms with Crippen LogP contribution in [0.15, 0.2) is 34.2 Å². The summed E-state index contributed by atoms with van der Waals surface area (Å²) in [5.41, 5.74) is 3.45. The van der Waals surface area contributed by atoms with Gasteiger partial charge in [0, 0.05) is 23.7 Å². The first-order chi connectivity index (χ1) is 14.0. The topological polar surface area (TPSA) is 55.2 Å². The van der Waals surface area contributed by atoms with E-state index < -0.39 is 0 Å². The molecule has 1 aliphatic carbocycles. The summed E-state index contributed by atoms with van der Waals surface area (Å²) in [6.07, 6.45) is 5.24. The first-order valence-corrected chi connectivity index (χ1v) is 11.9. The maximum atomic E-state index is 13.0. The zero-order valence-electron chi connectivity index (χ0n) is 16.6. The molecule has 3 aromatic rings. The van der Waals surface area contributed by atoms with Gasteiger partial charge in [-0.1, -0.05) is 30.0 Å². The lowest BCUT2D eigenvalue weighted by Gasteiger charge is -2.22. The molecule has 0 bridgehead atoms. The quantitative estimate of drug-likeness (QED) is 0.471. The number of thiophene rings is 1. The van der Waals surface area contributed by atoms with E-state index in [4.69, 9.17) is 4.98 Å². The average molecular weight is 426 g/mol. The molecule has 0 saturated heterocycles. The van der Waals surface area contributed by atoms with E-state index in [1.165, 1.54) is 34.2 Å². The van der Waals surface area contributed by atoms with Crippen LogP contribution < -0.4 is 10.5 Å². The Balaban J connectivity index is 1.42. The third-order valence-electron chi connectivity index (χ3n) is 5.96. The van der Waals surface area contributed by atoms with E-state index in [1.807, 2.05) is 23.1 Å². The molecular weight excluding hydrogens is 402 g/mol. The molecule has 3 heterocycles. The van der Waals surface area contributed by atoms with Gasteiger partial charge in [0.15, 0.2) is 5.16 Å². The van der Waals surface area contributed by atoms with Crippen molar-refractivity contribution in [2.45, 2.75) is 50.2 Å². The Labute approximate surface area is 177 Å². The van der Waals surface area contributed by atoms with Gasteiger partial charge in [-0.3, -0.25) is 14.2 Å². The van der Waals surface area contributed by atoms with E-state index >= 15 is 0 Å². The molecular formula is C22H23N3O2S2. The van der Waals surface area contributed by atoms with Gasteiger partial charge in [0.1, 0.15) is 4.83 Å². The summed E-state index contributed by atoms with van der Waals surface area (Å²) < 4.78 is 1.61. The number of benzene rings is 1. The van der Waals surface area contributed by atoms with E-state index in [0.717, 1.165) is 41.6 Å². The highest BCUT2D eigenvalue weighted by molar-refractivity contribution is 7.99. The van der Waals surface area contributed by atoms with Crippen molar-refractivity contribution in [3.8, 4) is 0 Å². The molecule has 1 aromatic carbocycles. The van der Waals surface area contributed by atoms with Gasteiger partial charge in [-0.2, -0.15) is 0 Å². The van der Waals surface area contributed by atoms with Crippen molar-refractivity contribution in [1.82, 2.24) is 9.55 Å². The minimum absolute atomic E-state index is 0.0178. The molecule has 7 heteroatoms. The fourth-order valence-corrected chi connectivity index (χ4v) is 6.67. The average Bonchev–Trinajstić information content (AvgIpc) is 3.26. The second kappa shape index (κ2) is 7.29. The third-order valence-corrected chi connectivity index (χ3v) is 8.16. The molecule has 29 heavy (non-hydrogen) atoms. The van der Waals surface area contributed by atoms with Gasteiger partial charge in [0.2, 0.25) is 5.91 Å². The lowest BCUT2D eigenvalue weighted by molar-refractivity contribution is -0.116. The number of nitrogens with zero attached hydrogens (tertiary/aromatic N) is 3. The van der Waals surface area contributed by atoms with E-state index in [1.54, 1.807) is 23.0 Å². The normalized spacial score (nSPS) is 18.1. The van der Waals surface area contributed by atoms with Crippen molar-refractivity contribution < 1.29 is 4.79 Å². The summed E-state index contributed by atoms with van der Waals surface area (Å²) >= 11 is 3.02. The van der Waals surface area contributed by atoms with Crippen LogP contribution in [0.1, 0.15) is 35.8 Å². The molecule has 1 amide bonds. The Bertz CT molecular complexity index is 1180. The molecule has 1 unspecified atom stereocenters. The number of hydrogen-bond acceptors (Lipinski definition) is 5. The van der Waals surface area contributed by atoms with Crippen LogP contribution in [0.3, 0.4) is 0 Å². The standard InChI is InChI=1S/C22H23N3O2S2/c1-13-11-14-7-3-5-9-16(14)25(13)18(26)12-28-22-23-20-19(21(27)24(22)2)15-8-4-6-10-17(15)29-20/h3,5,7,9,13H,4,6,8,10-12H2,1-2H3. The molecule has 0 fully saturated rings. The Morgan fingerprint density at radius 2 is 2.07 bits per heavy atom. The molecule has 2 aliphatic rings. The van der Waals surface area contributed by atoms with E-state index in [0.29, 0.717) is 5.16 Å². The summed E-state index contributed by atoms with van der Waals surface area (Å²) in [5.74, 6) is 0.336. The zero-order valence-corrected chi connectivity index (χ0v) is 18.2. The molecule has 0 saturated carbocycles. The minimum atomic E-state index is 0.0178. The number of amides is 1. The fraction of sp³-hybridized carbons (Fsp3) is 0.409. The van der Waals surface area contributed by atoms with Crippen LogP contribution in [0.4, 0.5) is 5.69 Å². The molecule has 150 valence electrons. The molecule has 1 aliphatic heterocycles. The fourth-order valence-electron chi connectivity index (χ4n) is 4.54. The largest absolute Gasteiger partial charge is 0.308 e. The van der Waals surface area contributed by atoms with Crippen LogP contribution in [0.25, 0.3) is 10.2 Å². The number of fused-ring (bicyclic) bond motifs is 4. The number of para-hydroxylation sites is 1. The van der Waals surface area contributed by atoms with E-state index in [2.05, 4.69) is 13.0 Å². The molecule has 5 rings (SSSR count). The zero-order chi connectivity index (χ0) is 20.1. The predicted molar refractivity (Wildman–Crippen MR) is 119 cm³/mol. The Kier molecular flexibility index (Phi) is 4.75. The molecule has 5 nitrogen and oxygen atoms in total. The number of anilines is 1. The highest BCUT2D eigenvalue weighted by Crippen LogP contribution is 2.35. The van der Waals surface area contributed by atoms with Gasteiger partial charge in [0.25, 0.3) is 5.56 Å². The number of aromatic nitrogens is 2. The molecule has 0 N–H and O–H groups in total. The summed E-state index contributed by atoms with van der Waals surface area (Å²) in [5, 5.41) is 1.42. The maximum absolute atomic E-state index is 13.0. The van der Waals surface area contributed by atoms with Crippen molar-refractivity contribution in [2.24, 2.45) is 7.05 Å². The van der Waals surface area contributed by atoms with Crippen molar-refractivity contribution in [2.75, 3.05) is 10.7 Å². The third kappa shape index (κ3) is 3.11. The number of rotatable bonds is 3. The van der Waals surface area contributed by atoms with Gasteiger partial charge < -0.3 is 4.90 Å². The number of carbonyl (C=O) groups is 1. The Morgan fingerprint density at radius 3 is 2.93 bits per heavy atom. The Morgan fingerprint density at radius 1 is 1.28 bits per heavy atom. The minimum Gasteiger partial charge on any atom is -0.308 e. The van der Waals surface area contributed by atoms with E-state index in [9.17, 15) is 9.59 Å². The number of thioether (sulfide) groups is 1. The highest BCUT2D eigenvalue weighted by Gasteiger charge is 2.30. The predicted octanol–water partition coefficient (Wildman–Crippen LogP) is 3.94. The van der Waals surface area contributed by atoms with Crippen LogP contribution in [0, 0.1) is 0 Å². The van der Waals surface area contributed by atoms with Crippen LogP contribution >= 0.6 is 23.1 Å². The first kappa shape index (κ1) is 18.9. The van der Waals surface area contributed by atoms with Gasteiger partial charge >= 0.3 is 0 Å². The van der Waals surface area contributed by atoms with Crippen molar-refractivity contribution in [3.05, 3.63) is 50.6 Å². The van der Waals surface area contributed by atoms with Gasteiger partial charge in [-0.25, -0.2) is 4.98 Å². The smallest absolute Gasteiger partial charge is 0.262 e.